The van der Waals surface area contributed by atoms with Crippen LogP contribution >= 0.6 is 11.6 Å². The topological polar surface area (TPSA) is 69.9 Å². The van der Waals surface area contributed by atoms with Gasteiger partial charge in [-0.1, -0.05) is 6.07 Å². The highest BCUT2D eigenvalue weighted by molar-refractivity contribution is 6.29. The molecule has 19 heavy (non-hydrogen) atoms. The fourth-order valence-corrected chi connectivity index (χ4v) is 2.06. The maximum atomic E-state index is 6.07. The lowest BCUT2D eigenvalue weighted by Gasteiger charge is -2.01. The molecule has 0 aromatic carbocycles. The summed E-state index contributed by atoms with van der Waals surface area (Å²) in [7, 11) is 1.77. The molecule has 0 fully saturated rings. The first-order valence-electron chi connectivity index (χ1n) is 5.66. The normalized spacial score (nSPS) is 10.8. The Kier molecular flexibility index (Phi) is 2.76. The van der Waals surface area contributed by atoms with E-state index in [0.717, 1.165) is 11.3 Å². The number of rotatable bonds is 2. The summed E-state index contributed by atoms with van der Waals surface area (Å²) in [5, 5.41) is 4.68. The molecule has 3 heterocycles. The largest absolute Gasteiger partial charge is 0.443 e. The minimum absolute atomic E-state index is 0.311. The molecule has 3 aromatic rings. The Morgan fingerprint density at radius 3 is 2.74 bits per heavy atom. The summed E-state index contributed by atoms with van der Waals surface area (Å²) >= 11 is 5.81. The molecule has 0 atom stereocenters. The van der Waals surface area contributed by atoms with Gasteiger partial charge in [0.05, 0.1) is 11.3 Å². The highest BCUT2D eigenvalue weighted by Gasteiger charge is 2.20. The van der Waals surface area contributed by atoms with Gasteiger partial charge in [-0.05, 0) is 35.9 Å². The van der Waals surface area contributed by atoms with Crippen molar-refractivity contribution in [2.75, 3.05) is 5.73 Å². The van der Waals surface area contributed by atoms with E-state index in [4.69, 9.17) is 21.8 Å². The molecule has 96 valence electrons. The van der Waals surface area contributed by atoms with Gasteiger partial charge in [-0.3, -0.25) is 9.67 Å². The number of furan rings is 1. The predicted octanol–water partition coefficient (Wildman–Crippen LogP) is 2.98. The summed E-state index contributed by atoms with van der Waals surface area (Å²) < 4.78 is 7.00. The molecule has 0 aliphatic heterocycles. The van der Waals surface area contributed by atoms with E-state index in [1.54, 1.807) is 30.1 Å². The Hall–Kier alpha value is -2.27. The first kappa shape index (κ1) is 11.8. The van der Waals surface area contributed by atoms with E-state index in [2.05, 4.69) is 10.1 Å². The van der Waals surface area contributed by atoms with Gasteiger partial charge in [-0.2, -0.15) is 5.10 Å². The highest BCUT2D eigenvalue weighted by atomic mass is 35.5. The second kappa shape index (κ2) is 4.44. The van der Waals surface area contributed by atoms with Crippen molar-refractivity contribution in [3.05, 3.63) is 41.7 Å². The third-order valence-corrected chi connectivity index (χ3v) is 3.02. The average molecular weight is 275 g/mol. The zero-order valence-corrected chi connectivity index (χ0v) is 10.9. The zero-order chi connectivity index (χ0) is 13.4. The molecule has 0 bridgehead atoms. The molecule has 0 aliphatic rings. The molecule has 0 radical (unpaired) electrons. The van der Waals surface area contributed by atoms with Crippen molar-refractivity contribution in [2.24, 2.45) is 7.05 Å². The molecule has 5 nitrogen and oxygen atoms in total. The third-order valence-electron chi connectivity index (χ3n) is 2.82. The second-order valence-electron chi connectivity index (χ2n) is 4.05. The number of aromatic nitrogens is 3. The van der Waals surface area contributed by atoms with Crippen molar-refractivity contribution in [3.63, 3.8) is 0 Å². The Bertz CT molecular complexity index is 718. The lowest BCUT2D eigenvalue weighted by Crippen LogP contribution is -1.98. The molecular formula is C13H11ClN4O. The van der Waals surface area contributed by atoms with Crippen LogP contribution in [0.5, 0.6) is 0 Å². The summed E-state index contributed by atoms with van der Waals surface area (Å²) in [6.45, 7) is 0. The maximum absolute atomic E-state index is 6.07. The standard InChI is InChI=1S/C13H11ClN4O/c1-18-13(15)11(8-4-2-3-7-16-8)12(17-18)9-5-6-10(14)19-9/h2-7H,15H2,1H3. The molecular weight excluding hydrogens is 264 g/mol. The van der Waals surface area contributed by atoms with Crippen LogP contribution < -0.4 is 5.73 Å². The monoisotopic (exact) mass is 274 g/mol. The molecule has 0 spiro atoms. The lowest BCUT2D eigenvalue weighted by molar-refractivity contribution is 0.580. The molecule has 0 aliphatic carbocycles. The van der Waals surface area contributed by atoms with Crippen LogP contribution in [0.3, 0.4) is 0 Å². The number of anilines is 1. The first-order valence-corrected chi connectivity index (χ1v) is 6.04. The van der Waals surface area contributed by atoms with Gasteiger partial charge in [-0.25, -0.2) is 0 Å². The Balaban J connectivity index is 2.24. The molecule has 6 heteroatoms. The summed E-state index contributed by atoms with van der Waals surface area (Å²) in [5.74, 6) is 1.10. The van der Waals surface area contributed by atoms with Crippen LogP contribution in [0.1, 0.15) is 0 Å². The molecule has 2 N–H and O–H groups in total. The zero-order valence-electron chi connectivity index (χ0n) is 10.2. The molecule has 0 saturated carbocycles. The van der Waals surface area contributed by atoms with Crippen LogP contribution in [0.4, 0.5) is 5.82 Å². The summed E-state index contributed by atoms with van der Waals surface area (Å²) in [4.78, 5) is 4.31. The average Bonchev–Trinajstić information content (AvgIpc) is 2.96. The van der Waals surface area contributed by atoms with E-state index in [1.807, 2.05) is 18.2 Å². The Morgan fingerprint density at radius 2 is 2.11 bits per heavy atom. The van der Waals surface area contributed by atoms with E-state index in [1.165, 1.54) is 0 Å². The van der Waals surface area contributed by atoms with Crippen LogP contribution in [-0.2, 0) is 7.05 Å². The molecule has 3 aromatic heterocycles. The van der Waals surface area contributed by atoms with Crippen molar-refractivity contribution in [1.29, 1.82) is 0 Å². The van der Waals surface area contributed by atoms with Gasteiger partial charge in [0, 0.05) is 13.2 Å². The van der Waals surface area contributed by atoms with Crippen molar-refractivity contribution in [1.82, 2.24) is 14.8 Å². The van der Waals surface area contributed by atoms with Crippen molar-refractivity contribution >= 4 is 17.4 Å². The predicted molar refractivity (Wildman–Crippen MR) is 73.6 cm³/mol. The Labute approximate surface area is 114 Å². The van der Waals surface area contributed by atoms with Gasteiger partial charge in [0.25, 0.3) is 0 Å². The van der Waals surface area contributed by atoms with Gasteiger partial charge >= 0.3 is 0 Å². The van der Waals surface area contributed by atoms with Crippen LogP contribution in [-0.4, -0.2) is 14.8 Å². The minimum atomic E-state index is 0.311. The number of nitrogens with two attached hydrogens (primary N) is 1. The molecule has 0 amide bonds. The number of nitrogens with zero attached hydrogens (tertiary/aromatic N) is 3. The van der Waals surface area contributed by atoms with Gasteiger partial charge in [0.15, 0.2) is 11.0 Å². The number of hydrogen-bond acceptors (Lipinski definition) is 4. The number of aryl methyl sites for hydroxylation is 1. The number of pyridine rings is 1. The number of halogens is 1. The van der Waals surface area contributed by atoms with Gasteiger partial charge in [0.2, 0.25) is 0 Å². The van der Waals surface area contributed by atoms with Crippen LogP contribution in [0.15, 0.2) is 40.9 Å². The van der Waals surface area contributed by atoms with E-state index >= 15 is 0 Å². The van der Waals surface area contributed by atoms with Crippen molar-refractivity contribution in [3.8, 4) is 22.7 Å². The number of nitrogen functional groups attached to an aromatic ring is 1. The van der Waals surface area contributed by atoms with Crippen LogP contribution in [0.25, 0.3) is 22.7 Å². The van der Waals surface area contributed by atoms with Gasteiger partial charge in [0.1, 0.15) is 11.5 Å². The summed E-state index contributed by atoms with van der Waals surface area (Å²) in [6, 6.07) is 9.05. The number of hydrogen-bond donors (Lipinski definition) is 1. The Morgan fingerprint density at radius 1 is 1.26 bits per heavy atom. The smallest absolute Gasteiger partial charge is 0.194 e. The van der Waals surface area contributed by atoms with E-state index in [9.17, 15) is 0 Å². The van der Waals surface area contributed by atoms with Crippen LogP contribution in [0.2, 0.25) is 5.22 Å². The molecule has 0 saturated heterocycles. The summed E-state index contributed by atoms with van der Waals surface area (Å²) in [5.41, 5.74) is 8.19. The van der Waals surface area contributed by atoms with Crippen LogP contribution in [0, 0.1) is 0 Å². The fraction of sp³-hybridized carbons (Fsp3) is 0.0769. The van der Waals surface area contributed by atoms with Crippen molar-refractivity contribution < 1.29 is 4.42 Å². The second-order valence-corrected chi connectivity index (χ2v) is 4.42. The maximum Gasteiger partial charge on any atom is 0.194 e. The van der Waals surface area contributed by atoms with Gasteiger partial charge < -0.3 is 10.2 Å². The highest BCUT2D eigenvalue weighted by Crippen LogP contribution is 2.35. The van der Waals surface area contributed by atoms with E-state index < -0.39 is 0 Å². The molecule has 3 rings (SSSR count). The minimum Gasteiger partial charge on any atom is -0.443 e. The lowest BCUT2D eigenvalue weighted by atomic mass is 10.1. The van der Waals surface area contributed by atoms with Gasteiger partial charge in [-0.15, -0.1) is 0 Å². The van der Waals surface area contributed by atoms with Crippen molar-refractivity contribution in [2.45, 2.75) is 0 Å². The third kappa shape index (κ3) is 1.98. The first-order chi connectivity index (χ1) is 9.16. The quantitative estimate of drug-likeness (QED) is 0.780. The SMILES string of the molecule is Cn1nc(-c2ccc(Cl)o2)c(-c2ccccn2)c1N. The molecule has 0 unspecified atom stereocenters. The fourth-order valence-electron chi connectivity index (χ4n) is 1.91. The summed E-state index contributed by atoms with van der Waals surface area (Å²) in [6.07, 6.45) is 1.71. The van der Waals surface area contributed by atoms with E-state index in [0.29, 0.717) is 22.5 Å². The van der Waals surface area contributed by atoms with E-state index in [-0.39, 0.29) is 0 Å².